The third-order valence-corrected chi connectivity index (χ3v) is 8.15. The molecular weight excluding hydrogens is 434 g/mol. The van der Waals surface area contributed by atoms with Crippen molar-refractivity contribution in [1.29, 1.82) is 0 Å². The van der Waals surface area contributed by atoms with Crippen molar-refractivity contribution in [2.75, 3.05) is 18.4 Å². The first-order valence-electron chi connectivity index (χ1n) is 10.1. The van der Waals surface area contributed by atoms with E-state index in [0.717, 1.165) is 21.3 Å². The summed E-state index contributed by atoms with van der Waals surface area (Å²) in [5.74, 6) is -0.328. The first-order chi connectivity index (χ1) is 14.6. The smallest absolute Gasteiger partial charge is 0.257 e. The van der Waals surface area contributed by atoms with Gasteiger partial charge in [-0.15, -0.1) is 0 Å². The predicted octanol–water partition coefficient (Wildman–Crippen LogP) is 3.96. The summed E-state index contributed by atoms with van der Waals surface area (Å²) >= 11 is 1.42. The number of carbonyl (C=O) groups excluding carboxylic acids is 1. The number of aryl methyl sites for hydroxylation is 2. The number of benzene rings is 2. The number of nitrogens with one attached hydrogen (secondary N) is 1. The van der Waals surface area contributed by atoms with Crippen LogP contribution in [0.2, 0.25) is 0 Å². The second-order valence-corrected chi connectivity index (χ2v) is 10.9. The molecule has 0 bridgehead atoms. The molecule has 1 aromatic heterocycles. The summed E-state index contributed by atoms with van der Waals surface area (Å²) in [6.07, 6.45) is -0.324. The number of aromatic nitrogens is 1. The van der Waals surface area contributed by atoms with Crippen molar-refractivity contribution in [3.05, 3.63) is 53.1 Å². The van der Waals surface area contributed by atoms with E-state index in [2.05, 4.69) is 16.4 Å². The zero-order chi connectivity index (χ0) is 22.3. The average molecular weight is 460 g/mol. The van der Waals surface area contributed by atoms with Crippen LogP contribution in [0.15, 0.2) is 41.3 Å². The highest BCUT2D eigenvalue weighted by atomic mass is 32.2. The number of morpholine rings is 1. The third-order valence-electron chi connectivity index (χ3n) is 5.18. The summed E-state index contributed by atoms with van der Waals surface area (Å²) in [6.45, 7) is 8.37. The molecule has 1 amide bonds. The molecule has 0 spiro atoms. The van der Waals surface area contributed by atoms with E-state index in [4.69, 9.17) is 4.74 Å². The Morgan fingerprint density at radius 3 is 2.42 bits per heavy atom. The van der Waals surface area contributed by atoms with E-state index in [-0.39, 0.29) is 23.0 Å². The summed E-state index contributed by atoms with van der Waals surface area (Å²) in [5.41, 5.74) is 3.46. The number of carbonyl (C=O) groups is 1. The van der Waals surface area contributed by atoms with Crippen LogP contribution in [-0.2, 0) is 14.8 Å². The summed E-state index contributed by atoms with van der Waals surface area (Å²) < 4.78 is 34.0. The van der Waals surface area contributed by atoms with Crippen LogP contribution < -0.4 is 5.32 Å². The van der Waals surface area contributed by atoms with Crippen molar-refractivity contribution in [2.45, 2.75) is 44.8 Å². The molecular formula is C22H25N3O4S2. The Bertz CT molecular complexity index is 1230. The van der Waals surface area contributed by atoms with Crippen LogP contribution in [0, 0.1) is 13.8 Å². The Labute approximate surface area is 186 Å². The number of hydrogen-bond acceptors (Lipinski definition) is 6. The van der Waals surface area contributed by atoms with Crippen LogP contribution in [0.1, 0.15) is 35.3 Å². The van der Waals surface area contributed by atoms with Gasteiger partial charge in [0.2, 0.25) is 10.0 Å². The normalized spacial score (nSPS) is 20.1. The molecule has 7 nitrogen and oxygen atoms in total. The highest BCUT2D eigenvalue weighted by molar-refractivity contribution is 7.89. The Hall–Kier alpha value is -2.33. The van der Waals surface area contributed by atoms with Gasteiger partial charge in [0.05, 0.1) is 27.3 Å². The maximum atomic E-state index is 13.0. The molecule has 0 aliphatic carbocycles. The lowest BCUT2D eigenvalue weighted by Crippen LogP contribution is -2.48. The van der Waals surface area contributed by atoms with Gasteiger partial charge < -0.3 is 4.74 Å². The fourth-order valence-electron chi connectivity index (χ4n) is 3.85. The quantitative estimate of drug-likeness (QED) is 0.638. The van der Waals surface area contributed by atoms with Gasteiger partial charge in [0.1, 0.15) is 0 Å². The Balaban J connectivity index is 1.51. The molecule has 164 valence electrons. The maximum absolute atomic E-state index is 13.0. The van der Waals surface area contributed by atoms with Gasteiger partial charge in [-0.2, -0.15) is 4.31 Å². The topological polar surface area (TPSA) is 88.6 Å². The van der Waals surface area contributed by atoms with Crippen LogP contribution in [0.4, 0.5) is 5.13 Å². The number of fused-ring (bicyclic) bond motifs is 1. The van der Waals surface area contributed by atoms with Crippen molar-refractivity contribution in [3.8, 4) is 0 Å². The molecule has 3 aromatic rings. The van der Waals surface area contributed by atoms with Gasteiger partial charge in [0, 0.05) is 18.7 Å². The van der Waals surface area contributed by atoms with E-state index in [9.17, 15) is 13.2 Å². The number of hydrogen-bond donors (Lipinski definition) is 1. The summed E-state index contributed by atoms with van der Waals surface area (Å²) in [5, 5.41) is 3.34. The molecule has 9 heteroatoms. The highest BCUT2D eigenvalue weighted by Crippen LogP contribution is 2.30. The predicted molar refractivity (Wildman–Crippen MR) is 122 cm³/mol. The van der Waals surface area contributed by atoms with E-state index in [0.29, 0.717) is 23.8 Å². The number of amides is 1. The van der Waals surface area contributed by atoms with E-state index < -0.39 is 10.0 Å². The van der Waals surface area contributed by atoms with E-state index in [1.807, 2.05) is 33.8 Å². The second-order valence-electron chi connectivity index (χ2n) is 8.01. The first-order valence-corrected chi connectivity index (χ1v) is 12.3. The summed E-state index contributed by atoms with van der Waals surface area (Å²) in [6, 6.07) is 10.1. The van der Waals surface area contributed by atoms with E-state index in [1.165, 1.54) is 39.9 Å². The molecule has 2 heterocycles. The SMILES string of the molecule is Cc1cc(C)c2sc(NC(=O)c3ccc(S(=O)(=O)N4C[C@@H](C)O[C@@H](C)C4)cc3)nc2c1. The Kier molecular flexibility index (Phi) is 5.87. The molecule has 1 saturated heterocycles. The minimum atomic E-state index is -3.64. The number of anilines is 1. The molecule has 2 atom stereocenters. The standard InChI is InChI=1S/C22H25N3O4S2/c1-13-9-14(2)20-19(10-13)23-22(30-20)24-21(26)17-5-7-18(8-6-17)31(27,28)25-11-15(3)29-16(4)12-25/h5-10,15-16H,11-12H2,1-4H3,(H,23,24,26)/t15-,16+. The maximum Gasteiger partial charge on any atom is 0.257 e. The minimum absolute atomic E-state index is 0.162. The third kappa shape index (κ3) is 4.50. The molecule has 4 rings (SSSR count). The Morgan fingerprint density at radius 2 is 1.77 bits per heavy atom. The van der Waals surface area contributed by atoms with Gasteiger partial charge >= 0.3 is 0 Å². The fourth-order valence-corrected chi connectivity index (χ4v) is 6.35. The lowest BCUT2D eigenvalue weighted by molar-refractivity contribution is -0.0440. The summed E-state index contributed by atoms with van der Waals surface area (Å²) in [7, 11) is -3.64. The average Bonchev–Trinajstić information content (AvgIpc) is 3.10. The molecule has 0 unspecified atom stereocenters. The zero-order valence-electron chi connectivity index (χ0n) is 17.9. The Morgan fingerprint density at radius 1 is 1.13 bits per heavy atom. The first kappa shape index (κ1) is 21.9. The second kappa shape index (κ2) is 8.31. The largest absolute Gasteiger partial charge is 0.373 e. The monoisotopic (exact) mass is 459 g/mol. The number of ether oxygens (including phenoxy) is 1. The van der Waals surface area contributed by atoms with Crippen molar-refractivity contribution in [1.82, 2.24) is 9.29 Å². The van der Waals surface area contributed by atoms with E-state index in [1.54, 1.807) is 0 Å². The molecule has 1 N–H and O–H groups in total. The van der Waals surface area contributed by atoms with Crippen molar-refractivity contribution >= 4 is 42.6 Å². The molecule has 0 saturated carbocycles. The lowest BCUT2D eigenvalue weighted by atomic mass is 10.1. The minimum Gasteiger partial charge on any atom is -0.373 e. The van der Waals surface area contributed by atoms with Crippen LogP contribution in [0.25, 0.3) is 10.2 Å². The fraction of sp³-hybridized carbons (Fsp3) is 0.364. The van der Waals surface area contributed by atoms with Crippen LogP contribution in [0.5, 0.6) is 0 Å². The molecule has 1 fully saturated rings. The summed E-state index contributed by atoms with van der Waals surface area (Å²) in [4.78, 5) is 17.3. The van der Waals surface area contributed by atoms with Crippen molar-refractivity contribution < 1.29 is 17.9 Å². The highest BCUT2D eigenvalue weighted by Gasteiger charge is 2.32. The number of nitrogens with zero attached hydrogens (tertiary/aromatic N) is 2. The van der Waals surface area contributed by atoms with Crippen LogP contribution >= 0.6 is 11.3 Å². The molecule has 31 heavy (non-hydrogen) atoms. The lowest BCUT2D eigenvalue weighted by Gasteiger charge is -2.34. The van der Waals surface area contributed by atoms with Gasteiger partial charge in [0.25, 0.3) is 5.91 Å². The molecule has 1 aliphatic rings. The van der Waals surface area contributed by atoms with Gasteiger partial charge in [-0.05, 0) is 69.2 Å². The number of rotatable bonds is 4. The van der Waals surface area contributed by atoms with Crippen molar-refractivity contribution in [2.24, 2.45) is 0 Å². The molecule has 2 aromatic carbocycles. The van der Waals surface area contributed by atoms with Crippen LogP contribution in [-0.4, -0.2) is 48.9 Å². The van der Waals surface area contributed by atoms with Crippen molar-refractivity contribution in [3.63, 3.8) is 0 Å². The number of thiazole rings is 1. The molecule has 0 radical (unpaired) electrons. The zero-order valence-corrected chi connectivity index (χ0v) is 19.5. The number of sulfonamides is 1. The van der Waals surface area contributed by atoms with Gasteiger partial charge in [-0.3, -0.25) is 10.1 Å². The van der Waals surface area contributed by atoms with Crippen LogP contribution in [0.3, 0.4) is 0 Å². The molecule has 1 aliphatic heterocycles. The van der Waals surface area contributed by atoms with Gasteiger partial charge in [-0.25, -0.2) is 13.4 Å². The van der Waals surface area contributed by atoms with Gasteiger partial charge in [-0.1, -0.05) is 17.4 Å². The van der Waals surface area contributed by atoms with E-state index >= 15 is 0 Å². The van der Waals surface area contributed by atoms with Gasteiger partial charge in [0.15, 0.2) is 5.13 Å².